The molecule has 2 aromatic rings. The normalized spacial score (nSPS) is 19.6. The van der Waals surface area contributed by atoms with Crippen molar-refractivity contribution in [3.8, 4) is 0 Å². The zero-order valence-corrected chi connectivity index (χ0v) is 15.7. The van der Waals surface area contributed by atoms with Crippen molar-refractivity contribution in [2.45, 2.75) is 50.4 Å². The van der Waals surface area contributed by atoms with E-state index < -0.39 is 23.9 Å². The summed E-state index contributed by atoms with van der Waals surface area (Å²) in [6.07, 6.45) is -2.42. The lowest BCUT2D eigenvalue weighted by Crippen LogP contribution is -2.42. The summed E-state index contributed by atoms with van der Waals surface area (Å²) < 4.78 is 40.2. The summed E-state index contributed by atoms with van der Waals surface area (Å²) in [5.41, 5.74) is 0.717. The summed E-state index contributed by atoms with van der Waals surface area (Å²) in [5.74, 6) is 1.31. The zero-order chi connectivity index (χ0) is 20.1. The number of carboxylic acid groups (broad SMARTS) is 1. The average molecular weight is 414 g/mol. The molecule has 150 valence electrons. The number of fused-ring (bicyclic) bond motifs is 1. The second-order valence-corrected chi connectivity index (χ2v) is 7.66. The summed E-state index contributed by atoms with van der Waals surface area (Å²) in [5, 5.41) is 9.93. The highest BCUT2D eigenvalue weighted by molar-refractivity contribution is 6.30. The van der Waals surface area contributed by atoms with Crippen molar-refractivity contribution >= 4 is 17.7 Å². The smallest absolute Gasteiger partial charge is 0.416 e. The number of carbonyl (C=O) groups is 1. The third kappa shape index (κ3) is 3.57. The fourth-order valence-corrected chi connectivity index (χ4v) is 4.17. The van der Waals surface area contributed by atoms with Crippen molar-refractivity contribution in [1.82, 2.24) is 14.5 Å². The van der Waals surface area contributed by atoms with Gasteiger partial charge in [0.05, 0.1) is 17.3 Å². The highest BCUT2D eigenvalue weighted by Gasteiger charge is 2.38. The van der Waals surface area contributed by atoms with Gasteiger partial charge in [-0.2, -0.15) is 13.2 Å². The Morgan fingerprint density at radius 3 is 2.46 bits per heavy atom. The number of aromatic nitrogens is 2. The van der Waals surface area contributed by atoms with Gasteiger partial charge < -0.3 is 9.67 Å². The summed E-state index contributed by atoms with van der Waals surface area (Å²) in [6, 6.07) is 4.50. The lowest BCUT2D eigenvalue weighted by atomic mass is 9.99. The van der Waals surface area contributed by atoms with E-state index in [0.717, 1.165) is 30.8 Å². The molecule has 0 spiro atoms. The number of hydrogen-bond acceptors (Lipinski definition) is 2. The van der Waals surface area contributed by atoms with E-state index in [4.69, 9.17) is 11.6 Å². The number of aryl methyl sites for hydroxylation is 1. The predicted octanol–water partition coefficient (Wildman–Crippen LogP) is 5.10. The second-order valence-electron chi connectivity index (χ2n) is 7.30. The fraction of sp³-hybridized carbons (Fsp3) is 0.474. The van der Waals surface area contributed by atoms with Gasteiger partial charge in [0.2, 0.25) is 0 Å². The third-order valence-corrected chi connectivity index (χ3v) is 5.70. The standard InChI is InChI=1S/C19H19ClF3N3O2/c20-16-15-14(8-3-11-1-6-13(7-2-11)19(21,22)23)25(18(27)28)9-10-26(15)17(24-16)12-4-5-12/h1-2,6-7,12,14H,3-5,8-10H2,(H,27,28). The molecule has 2 heterocycles. The molecule has 1 aromatic heterocycles. The number of nitrogens with zero attached hydrogens (tertiary/aromatic N) is 3. The van der Waals surface area contributed by atoms with Crippen LogP contribution in [0.25, 0.3) is 0 Å². The summed E-state index contributed by atoms with van der Waals surface area (Å²) >= 11 is 6.38. The molecule has 4 rings (SSSR count). The van der Waals surface area contributed by atoms with Gasteiger partial charge in [0.25, 0.3) is 0 Å². The van der Waals surface area contributed by atoms with E-state index in [0.29, 0.717) is 48.3 Å². The van der Waals surface area contributed by atoms with E-state index in [1.54, 1.807) is 0 Å². The Morgan fingerprint density at radius 2 is 1.89 bits per heavy atom. The number of alkyl halides is 3. The first-order chi connectivity index (χ1) is 13.3. The molecule has 0 radical (unpaired) electrons. The molecular weight excluding hydrogens is 395 g/mol. The molecular formula is C19H19ClF3N3O2. The van der Waals surface area contributed by atoms with Crippen LogP contribution in [0.15, 0.2) is 24.3 Å². The predicted molar refractivity (Wildman–Crippen MR) is 96.4 cm³/mol. The van der Waals surface area contributed by atoms with Gasteiger partial charge in [0.1, 0.15) is 5.82 Å². The van der Waals surface area contributed by atoms with Crippen molar-refractivity contribution in [3.05, 3.63) is 52.1 Å². The van der Waals surface area contributed by atoms with Crippen molar-refractivity contribution in [1.29, 1.82) is 0 Å². The molecule has 2 aliphatic rings. The van der Waals surface area contributed by atoms with Gasteiger partial charge in [-0.1, -0.05) is 23.7 Å². The Hall–Kier alpha value is -2.22. The maximum Gasteiger partial charge on any atom is 0.416 e. The molecule has 1 amide bonds. The van der Waals surface area contributed by atoms with Gasteiger partial charge in [-0.3, -0.25) is 4.90 Å². The quantitative estimate of drug-likeness (QED) is 0.758. The first-order valence-corrected chi connectivity index (χ1v) is 9.55. The molecule has 9 heteroatoms. The molecule has 1 fully saturated rings. The van der Waals surface area contributed by atoms with E-state index in [1.807, 2.05) is 4.57 Å². The number of amides is 1. The van der Waals surface area contributed by atoms with Gasteiger partial charge in [0.15, 0.2) is 5.15 Å². The third-order valence-electron chi connectivity index (χ3n) is 5.42. The van der Waals surface area contributed by atoms with Crippen molar-refractivity contribution in [2.24, 2.45) is 0 Å². The van der Waals surface area contributed by atoms with Gasteiger partial charge in [0, 0.05) is 19.0 Å². The van der Waals surface area contributed by atoms with Crippen LogP contribution in [0.2, 0.25) is 5.15 Å². The van der Waals surface area contributed by atoms with Crippen molar-refractivity contribution in [2.75, 3.05) is 6.54 Å². The number of benzene rings is 1. The number of imidazole rings is 1. The zero-order valence-electron chi connectivity index (χ0n) is 14.9. The van der Waals surface area contributed by atoms with Gasteiger partial charge in [-0.15, -0.1) is 0 Å². The van der Waals surface area contributed by atoms with E-state index in [-0.39, 0.29) is 0 Å². The Bertz CT molecular complexity index is 891. The Balaban J connectivity index is 1.57. The van der Waals surface area contributed by atoms with Crippen LogP contribution in [0.5, 0.6) is 0 Å². The lowest BCUT2D eigenvalue weighted by molar-refractivity contribution is -0.137. The minimum Gasteiger partial charge on any atom is -0.465 e. The Labute approximate surface area is 164 Å². The van der Waals surface area contributed by atoms with Crippen LogP contribution in [-0.4, -0.2) is 32.2 Å². The topological polar surface area (TPSA) is 58.4 Å². The van der Waals surface area contributed by atoms with E-state index in [2.05, 4.69) is 4.98 Å². The number of rotatable bonds is 4. The van der Waals surface area contributed by atoms with Gasteiger partial charge in [-0.05, 0) is 43.4 Å². The average Bonchev–Trinajstić information content (AvgIpc) is 3.43. The number of hydrogen-bond donors (Lipinski definition) is 1. The molecule has 1 unspecified atom stereocenters. The maximum absolute atomic E-state index is 12.7. The van der Waals surface area contributed by atoms with Crippen LogP contribution in [0.4, 0.5) is 18.0 Å². The second kappa shape index (κ2) is 6.99. The largest absolute Gasteiger partial charge is 0.465 e. The van der Waals surface area contributed by atoms with E-state index in [1.165, 1.54) is 17.0 Å². The van der Waals surface area contributed by atoms with Gasteiger partial charge >= 0.3 is 12.3 Å². The minimum absolute atomic E-state index is 0.324. The lowest BCUT2D eigenvalue weighted by Gasteiger charge is -2.35. The molecule has 0 saturated heterocycles. The van der Waals surface area contributed by atoms with Crippen LogP contribution in [0.3, 0.4) is 0 Å². The first kappa shape index (κ1) is 19.1. The van der Waals surface area contributed by atoms with Crippen LogP contribution in [0.1, 0.15) is 53.9 Å². The highest BCUT2D eigenvalue weighted by atomic mass is 35.5. The van der Waals surface area contributed by atoms with Crippen LogP contribution < -0.4 is 0 Å². The summed E-state index contributed by atoms with van der Waals surface area (Å²) in [6.45, 7) is 0.858. The molecule has 0 bridgehead atoms. The Morgan fingerprint density at radius 1 is 1.21 bits per heavy atom. The molecule has 1 atom stereocenters. The highest BCUT2D eigenvalue weighted by Crippen LogP contribution is 2.44. The fourth-order valence-electron chi connectivity index (χ4n) is 3.86. The molecule has 1 aliphatic heterocycles. The molecule has 1 aromatic carbocycles. The van der Waals surface area contributed by atoms with E-state index in [9.17, 15) is 23.1 Å². The maximum atomic E-state index is 12.7. The van der Waals surface area contributed by atoms with E-state index >= 15 is 0 Å². The van der Waals surface area contributed by atoms with Crippen molar-refractivity contribution < 1.29 is 23.1 Å². The first-order valence-electron chi connectivity index (χ1n) is 9.17. The summed E-state index contributed by atoms with van der Waals surface area (Å²) in [4.78, 5) is 17.6. The Kier molecular flexibility index (Phi) is 4.77. The van der Waals surface area contributed by atoms with Gasteiger partial charge in [-0.25, -0.2) is 9.78 Å². The van der Waals surface area contributed by atoms with Crippen molar-refractivity contribution in [3.63, 3.8) is 0 Å². The minimum atomic E-state index is -4.37. The summed E-state index contributed by atoms with van der Waals surface area (Å²) in [7, 11) is 0. The van der Waals surface area contributed by atoms with Crippen LogP contribution in [0, 0.1) is 0 Å². The SMILES string of the molecule is O=C(O)N1CCn2c(C3CC3)nc(Cl)c2C1CCc1ccc(C(F)(F)F)cc1. The molecule has 1 saturated carbocycles. The number of halogens is 4. The van der Waals surface area contributed by atoms with Crippen LogP contribution >= 0.6 is 11.6 Å². The monoisotopic (exact) mass is 413 g/mol. The molecule has 28 heavy (non-hydrogen) atoms. The molecule has 5 nitrogen and oxygen atoms in total. The van der Waals surface area contributed by atoms with Crippen LogP contribution in [-0.2, 0) is 19.1 Å². The molecule has 1 aliphatic carbocycles. The molecule has 1 N–H and O–H groups in total.